The van der Waals surface area contributed by atoms with Gasteiger partial charge in [0.2, 0.25) is 0 Å². The zero-order valence-corrected chi connectivity index (χ0v) is 12.3. The predicted octanol–water partition coefficient (Wildman–Crippen LogP) is 1.67. The highest BCUT2D eigenvalue weighted by Crippen LogP contribution is 2.21. The summed E-state index contributed by atoms with van der Waals surface area (Å²) in [4.78, 5) is 14.7. The number of carboxylic acids is 1. The molecule has 2 aromatic rings. The standard InChI is InChI=1S/C15H17NO3S/c1-10-4-3-5-13(11(10)2)19-7-6-14-16-12(9-20-14)8-15(17)18/h3-5,9H,6-8H2,1-2H3,(H,17,18)/p-1. The Labute approximate surface area is 122 Å². The number of carbonyl (C=O) groups excluding carboxylic acids is 1. The van der Waals surface area contributed by atoms with Crippen LogP contribution in [0.5, 0.6) is 5.75 Å². The van der Waals surface area contributed by atoms with Crippen molar-refractivity contribution in [1.82, 2.24) is 4.98 Å². The van der Waals surface area contributed by atoms with E-state index in [2.05, 4.69) is 18.0 Å². The molecule has 0 aliphatic rings. The summed E-state index contributed by atoms with van der Waals surface area (Å²) in [5, 5.41) is 13.1. The van der Waals surface area contributed by atoms with Gasteiger partial charge in [-0.15, -0.1) is 11.3 Å². The zero-order valence-electron chi connectivity index (χ0n) is 11.5. The second-order valence-corrected chi connectivity index (χ2v) is 5.52. The molecule has 0 fully saturated rings. The molecule has 4 nitrogen and oxygen atoms in total. The number of hydrogen-bond acceptors (Lipinski definition) is 5. The van der Waals surface area contributed by atoms with Crippen molar-refractivity contribution in [3.05, 3.63) is 45.4 Å². The number of carboxylic acid groups (broad SMARTS) is 1. The average Bonchev–Trinajstić information content (AvgIpc) is 2.81. The second kappa shape index (κ2) is 6.52. The molecule has 0 aliphatic heterocycles. The highest BCUT2D eigenvalue weighted by molar-refractivity contribution is 7.09. The first-order valence-electron chi connectivity index (χ1n) is 6.38. The maximum Gasteiger partial charge on any atom is 0.122 e. The van der Waals surface area contributed by atoms with E-state index < -0.39 is 5.97 Å². The molecule has 0 aliphatic carbocycles. The fourth-order valence-corrected chi connectivity index (χ4v) is 2.60. The summed E-state index contributed by atoms with van der Waals surface area (Å²) < 4.78 is 5.75. The molecule has 2 rings (SSSR count). The third-order valence-electron chi connectivity index (χ3n) is 3.05. The first-order chi connectivity index (χ1) is 9.56. The molecule has 0 spiro atoms. The third-order valence-corrected chi connectivity index (χ3v) is 4.01. The Morgan fingerprint density at radius 2 is 2.20 bits per heavy atom. The summed E-state index contributed by atoms with van der Waals surface area (Å²) >= 11 is 1.45. The van der Waals surface area contributed by atoms with E-state index in [-0.39, 0.29) is 6.42 Å². The molecule has 0 radical (unpaired) electrons. The van der Waals surface area contributed by atoms with Gasteiger partial charge in [0.25, 0.3) is 0 Å². The van der Waals surface area contributed by atoms with Crippen LogP contribution in [-0.2, 0) is 17.6 Å². The zero-order chi connectivity index (χ0) is 14.5. The average molecular weight is 290 g/mol. The van der Waals surface area contributed by atoms with Gasteiger partial charge in [0, 0.05) is 24.2 Å². The van der Waals surface area contributed by atoms with E-state index in [1.54, 1.807) is 5.38 Å². The summed E-state index contributed by atoms with van der Waals surface area (Å²) in [5.74, 6) is -0.218. The first kappa shape index (κ1) is 14.5. The van der Waals surface area contributed by atoms with Crippen molar-refractivity contribution in [2.45, 2.75) is 26.7 Å². The minimum atomic E-state index is -1.10. The van der Waals surface area contributed by atoms with Gasteiger partial charge >= 0.3 is 0 Å². The molecule has 0 saturated carbocycles. The molecule has 0 amide bonds. The molecule has 5 heteroatoms. The van der Waals surface area contributed by atoms with Gasteiger partial charge in [0.1, 0.15) is 5.75 Å². The lowest BCUT2D eigenvalue weighted by Crippen LogP contribution is -2.24. The molecule has 0 bridgehead atoms. The van der Waals surface area contributed by atoms with E-state index in [9.17, 15) is 9.90 Å². The number of thiazole rings is 1. The highest BCUT2D eigenvalue weighted by Gasteiger charge is 2.05. The van der Waals surface area contributed by atoms with Crippen molar-refractivity contribution in [3.63, 3.8) is 0 Å². The molecule has 20 heavy (non-hydrogen) atoms. The van der Waals surface area contributed by atoms with Crippen molar-refractivity contribution in [2.75, 3.05) is 6.61 Å². The SMILES string of the molecule is Cc1cccc(OCCc2nc(CC(=O)[O-])cs2)c1C. The molecule has 0 unspecified atom stereocenters. The Balaban J connectivity index is 1.88. The van der Waals surface area contributed by atoms with Gasteiger partial charge < -0.3 is 14.6 Å². The molecule has 106 valence electrons. The lowest BCUT2D eigenvalue weighted by atomic mass is 10.1. The molecule has 1 aromatic carbocycles. The van der Waals surface area contributed by atoms with Crippen LogP contribution in [0.2, 0.25) is 0 Å². The van der Waals surface area contributed by atoms with Crippen LogP contribution in [0.1, 0.15) is 21.8 Å². The van der Waals surface area contributed by atoms with E-state index in [4.69, 9.17) is 4.74 Å². The maximum atomic E-state index is 10.5. The lowest BCUT2D eigenvalue weighted by Gasteiger charge is -2.09. The number of rotatable bonds is 6. The van der Waals surface area contributed by atoms with Crippen molar-refractivity contribution in [1.29, 1.82) is 0 Å². The number of aliphatic carboxylic acids is 1. The quantitative estimate of drug-likeness (QED) is 0.812. The third kappa shape index (κ3) is 3.81. The molecule has 0 atom stereocenters. The normalized spacial score (nSPS) is 10.5. The number of hydrogen-bond donors (Lipinski definition) is 0. The van der Waals surface area contributed by atoms with Crippen LogP contribution < -0.4 is 9.84 Å². The monoisotopic (exact) mass is 290 g/mol. The van der Waals surface area contributed by atoms with Crippen molar-refractivity contribution in [2.24, 2.45) is 0 Å². The number of benzene rings is 1. The molecule has 0 N–H and O–H groups in total. The molecule has 1 heterocycles. The molecule has 0 saturated heterocycles. The Hall–Kier alpha value is -1.88. The van der Waals surface area contributed by atoms with Crippen LogP contribution in [-0.4, -0.2) is 17.6 Å². The Morgan fingerprint density at radius 3 is 2.95 bits per heavy atom. The molecular weight excluding hydrogens is 274 g/mol. The van der Waals surface area contributed by atoms with Crippen molar-refractivity contribution < 1.29 is 14.6 Å². The van der Waals surface area contributed by atoms with Gasteiger partial charge in [-0.25, -0.2) is 4.98 Å². The van der Waals surface area contributed by atoms with Crippen LogP contribution in [0.25, 0.3) is 0 Å². The number of ether oxygens (including phenoxy) is 1. The summed E-state index contributed by atoms with van der Waals surface area (Å²) in [6, 6.07) is 5.97. The second-order valence-electron chi connectivity index (χ2n) is 4.58. The van der Waals surface area contributed by atoms with E-state index in [1.165, 1.54) is 16.9 Å². The number of nitrogens with zero attached hydrogens (tertiary/aromatic N) is 1. The van der Waals surface area contributed by atoms with Crippen LogP contribution in [0, 0.1) is 13.8 Å². The van der Waals surface area contributed by atoms with Gasteiger partial charge in [-0.2, -0.15) is 0 Å². The van der Waals surface area contributed by atoms with Gasteiger partial charge in [-0.05, 0) is 31.0 Å². The molecular formula is C15H16NO3S-. The topological polar surface area (TPSA) is 62.2 Å². The van der Waals surface area contributed by atoms with Crippen LogP contribution in [0.4, 0.5) is 0 Å². The summed E-state index contributed by atoms with van der Waals surface area (Å²) in [6.45, 7) is 4.61. The molecule has 1 aromatic heterocycles. The lowest BCUT2D eigenvalue weighted by molar-refractivity contribution is -0.304. The van der Waals surface area contributed by atoms with Crippen LogP contribution in [0.15, 0.2) is 23.6 Å². The Kier molecular flexibility index (Phi) is 4.74. The fraction of sp³-hybridized carbons (Fsp3) is 0.333. The fourth-order valence-electron chi connectivity index (χ4n) is 1.82. The Bertz CT molecular complexity index is 607. The van der Waals surface area contributed by atoms with E-state index >= 15 is 0 Å². The van der Waals surface area contributed by atoms with Crippen molar-refractivity contribution >= 4 is 17.3 Å². The van der Waals surface area contributed by atoms with Gasteiger partial charge in [-0.3, -0.25) is 0 Å². The number of carbonyl (C=O) groups is 1. The minimum Gasteiger partial charge on any atom is -0.550 e. The van der Waals surface area contributed by atoms with E-state index in [1.807, 2.05) is 19.1 Å². The van der Waals surface area contributed by atoms with Crippen LogP contribution in [0.3, 0.4) is 0 Å². The summed E-state index contributed by atoms with van der Waals surface area (Å²) in [7, 11) is 0. The first-order valence-corrected chi connectivity index (χ1v) is 7.26. The summed E-state index contributed by atoms with van der Waals surface area (Å²) in [6.07, 6.45) is 0.541. The predicted molar refractivity (Wildman–Crippen MR) is 75.9 cm³/mol. The highest BCUT2D eigenvalue weighted by atomic mass is 32.1. The number of aryl methyl sites for hydroxylation is 1. The minimum absolute atomic E-state index is 0.131. The largest absolute Gasteiger partial charge is 0.550 e. The van der Waals surface area contributed by atoms with E-state index in [0.717, 1.165) is 16.3 Å². The number of aromatic nitrogens is 1. The van der Waals surface area contributed by atoms with Crippen molar-refractivity contribution in [3.8, 4) is 5.75 Å². The van der Waals surface area contributed by atoms with Gasteiger partial charge in [0.05, 0.1) is 17.3 Å². The maximum absolute atomic E-state index is 10.5. The smallest absolute Gasteiger partial charge is 0.122 e. The van der Waals surface area contributed by atoms with E-state index in [0.29, 0.717) is 18.7 Å². The van der Waals surface area contributed by atoms with Gasteiger partial charge in [-0.1, -0.05) is 12.1 Å². The Morgan fingerprint density at radius 1 is 1.40 bits per heavy atom. The van der Waals surface area contributed by atoms with Crippen LogP contribution >= 0.6 is 11.3 Å². The van der Waals surface area contributed by atoms with Gasteiger partial charge in [0.15, 0.2) is 0 Å². The summed E-state index contributed by atoms with van der Waals surface area (Å²) in [5.41, 5.74) is 2.90.